The summed E-state index contributed by atoms with van der Waals surface area (Å²) in [6, 6.07) is 2.82. The summed E-state index contributed by atoms with van der Waals surface area (Å²) in [5.74, 6) is 0.854. The van der Waals surface area contributed by atoms with E-state index in [9.17, 15) is 0 Å². The van der Waals surface area contributed by atoms with Gasteiger partial charge in [-0.1, -0.05) is 12.8 Å². The molecule has 0 amide bonds. The van der Waals surface area contributed by atoms with E-state index in [1.807, 2.05) is 24.9 Å². The minimum absolute atomic E-state index is 0.600. The normalized spacial score (nSPS) is 17.9. The largest absolute Gasteiger partial charge is 0.310 e. The Hall–Kier alpha value is -1.42. The topological polar surface area (TPSA) is 42.7 Å². The lowest BCUT2D eigenvalue weighted by molar-refractivity contribution is 0.380. The van der Waals surface area contributed by atoms with Gasteiger partial charge < -0.3 is 5.32 Å². The molecule has 108 valence electrons. The molecule has 1 aliphatic rings. The van der Waals surface area contributed by atoms with Crippen molar-refractivity contribution in [2.45, 2.75) is 52.1 Å². The third kappa shape index (κ3) is 2.57. The van der Waals surface area contributed by atoms with E-state index in [0.29, 0.717) is 6.04 Å². The molecule has 2 heterocycles. The molecule has 0 radical (unpaired) electrons. The van der Waals surface area contributed by atoms with Gasteiger partial charge in [0, 0.05) is 31.2 Å². The van der Waals surface area contributed by atoms with Gasteiger partial charge in [-0.2, -0.15) is 5.10 Å². The molecule has 1 saturated carbocycles. The molecule has 1 N–H and O–H groups in total. The molecule has 4 heteroatoms. The average Bonchev–Trinajstić information content (AvgIpc) is 3.06. The van der Waals surface area contributed by atoms with Crippen molar-refractivity contribution in [3.05, 3.63) is 23.5 Å². The SMILES string of the molecule is Cc1nn(C)c2ncc(CN[C@H](C)C3CCCC3)cc12. The van der Waals surface area contributed by atoms with Gasteiger partial charge in [-0.25, -0.2) is 4.98 Å². The third-order valence-corrected chi connectivity index (χ3v) is 4.65. The van der Waals surface area contributed by atoms with E-state index >= 15 is 0 Å². The van der Waals surface area contributed by atoms with Crippen molar-refractivity contribution in [1.82, 2.24) is 20.1 Å². The fourth-order valence-corrected chi connectivity index (χ4v) is 3.35. The first-order chi connectivity index (χ1) is 9.65. The van der Waals surface area contributed by atoms with Crippen LogP contribution in [0.4, 0.5) is 0 Å². The van der Waals surface area contributed by atoms with Gasteiger partial charge in [-0.3, -0.25) is 4.68 Å². The molecular weight excluding hydrogens is 248 g/mol. The van der Waals surface area contributed by atoms with E-state index < -0.39 is 0 Å². The van der Waals surface area contributed by atoms with Crippen LogP contribution in [0, 0.1) is 12.8 Å². The van der Waals surface area contributed by atoms with Crippen LogP contribution in [0.5, 0.6) is 0 Å². The van der Waals surface area contributed by atoms with E-state index in [2.05, 4.69) is 28.4 Å². The van der Waals surface area contributed by atoms with Crippen LogP contribution < -0.4 is 5.32 Å². The lowest BCUT2D eigenvalue weighted by Gasteiger charge is -2.20. The Balaban J connectivity index is 1.69. The van der Waals surface area contributed by atoms with Gasteiger partial charge in [-0.05, 0) is 44.2 Å². The minimum atomic E-state index is 0.600. The molecule has 0 bridgehead atoms. The first-order valence-corrected chi connectivity index (χ1v) is 7.67. The second kappa shape index (κ2) is 5.52. The molecule has 4 nitrogen and oxygen atoms in total. The predicted molar refractivity (Wildman–Crippen MR) is 81.5 cm³/mol. The first-order valence-electron chi connectivity index (χ1n) is 7.67. The molecule has 1 fully saturated rings. The van der Waals surface area contributed by atoms with Crippen molar-refractivity contribution >= 4 is 11.0 Å². The van der Waals surface area contributed by atoms with E-state index in [1.54, 1.807) is 0 Å². The smallest absolute Gasteiger partial charge is 0.157 e. The second-order valence-corrected chi connectivity index (χ2v) is 6.14. The monoisotopic (exact) mass is 272 g/mol. The number of aromatic nitrogens is 3. The van der Waals surface area contributed by atoms with Crippen molar-refractivity contribution in [2.75, 3.05) is 0 Å². The lowest BCUT2D eigenvalue weighted by atomic mass is 9.99. The number of hydrogen-bond acceptors (Lipinski definition) is 3. The first kappa shape index (κ1) is 13.6. The number of pyridine rings is 1. The zero-order chi connectivity index (χ0) is 14.1. The van der Waals surface area contributed by atoms with Crippen molar-refractivity contribution in [3.8, 4) is 0 Å². The summed E-state index contributed by atoms with van der Waals surface area (Å²) in [5.41, 5.74) is 3.27. The highest BCUT2D eigenvalue weighted by Gasteiger charge is 2.20. The number of rotatable bonds is 4. The summed E-state index contributed by atoms with van der Waals surface area (Å²) in [5, 5.41) is 9.25. The maximum atomic E-state index is 4.54. The molecule has 20 heavy (non-hydrogen) atoms. The Morgan fingerprint density at radius 2 is 2.15 bits per heavy atom. The fraction of sp³-hybridized carbons (Fsp3) is 0.625. The maximum Gasteiger partial charge on any atom is 0.157 e. The molecule has 0 unspecified atom stereocenters. The van der Waals surface area contributed by atoms with Gasteiger partial charge in [0.2, 0.25) is 0 Å². The molecule has 0 saturated heterocycles. The van der Waals surface area contributed by atoms with E-state index in [1.165, 1.54) is 36.6 Å². The standard InChI is InChI=1S/C16H24N4/c1-11(14-6-4-5-7-14)17-9-13-8-15-12(2)19-20(3)16(15)18-10-13/h8,10-11,14,17H,4-7,9H2,1-3H3/t11-/m1/s1. The Kier molecular flexibility index (Phi) is 3.74. The number of hydrogen-bond donors (Lipinski definition) is 1. The van der Waals surface area contributed by atoms with Crippen LogP contribution in [0.15, 0.2) is 12.3 Å². The van der Waals surface area contributed by atoms with E-state index in [4.69, 9.17) is 0 Å². The molecule has 1 atom stereocenters. The number of fused-ring (bicyclic) bond motifs is 1. The van der Waals surface area contributed by atoms with Crippen LogP contribution in [0.3, 0.4) is 0 Å². The highest BCUT2D eigenvalue weighted by atomic mass is 15.3. The van der Waals surface area contributed by atoms with Crippen LogP contribution >= 0.6 is 0 Å². The van der Waals surface area contributed by atoms with Crippen LogP contribution in [-0.2, 0) is 13.6 Å². The number of aryl methyl sites for hydroxylation is 2. The van der Waals surface area contributed by atoms with Crippen LogP contribution in [0.2, 0.25) is 0 Å². The lowest BCUT2D eigenvalue weighted by Crippen LogP contribution is -2.31. The van der Waals surface area contributed by atoms with E-state index in [0.717, 1.165) is 23.8 Å². The van der Waals surface area contributed by atoms with Gasteiger partial charge in [-0.15, -0.1) is 0 Å². The van der Waals surface area contributed by atoms with Crippen molar-refractivity contribution in [2.24, 2.45) is 13.0 Å². The second-order valence-electron chi connectivity index (χ2n) is 6.14. The van der Waals surface area contributed by atoms with Crippen LogP contribution in [0.25, 0.3) is 11.0 Å². The van der Waals surface area contributed by atoms with E-state index in [-0.39, 0.29) is 0 Å². The third-order valence-electron chi connectivity index (χ3n) is 4.65. The average molecular weight is 272 g/mol. The predicted octanol–water partition coefficient (Wildman–Crippen LogP) is 2.95. The maximum absolute atomic E-state index is 4.54. The van der Waals surface area contributed by atoms with Crippen molar-refractivity contribution < 1.29 is 0 Å². The molecule has 0 aliphatic heterocycles. The van der Waals surface area contributed by atoms with Gasteiger partial charge in [0.05, 0.1) is 5.69 Å². The van der Waals surface area contributed by atoms with Gasteiger partial charge >= 0.3 is 0 Å². The Morgan fingerprint density at radius 3 is 2.90 bits per heavy atom. The van der Waals surface area contributed by atoms with Crippen molar-refractivity contribution in [1.29, 1.82) is 0 Å². The summed E-state index contributed by atoms with van der Waals surface area (Å²) < 4.78 is 1.85. The molecule has 1 aliphatic carbocycles. The zero-order valence-electron chi connectivity index (χ0n) is 12.7. The molecule has 2 aromatic rings. The van der Waals surface area contributed by atoms with Gasteiger partial charge in [0.15, 0.2) is 5.65 Å². The summed E-state index contributed by atoms with van der Waals surface area (Å²) in [7, 11) is 1.95. The Morgan fingerprint density at radius 1 is 1.40 bits per heavy atom. The summed E-state index contributed by atoms with van der Waals surface area (Å²) in [6.07, 6.45) is 7.54. The fourth-order valence-electron chi connectivity index (χ4n) is 3.35. The number of nitrogens with one attached hydrogen (secondary N) is 1. The Bertz CT molecular complexity index is 596. The molecule has 2 aromatic heterocycles. The molecular formula is C16H24N4. The highest BCUT2D eigenvalue weighted by Crippen LogP contribution is 2.27. The molecule has 3 rings (SSSR count). The molecule has 0 aromatic carbocycles. The van der Waals surface area contributed by atoms with Gasteiger partial charge in [0.25, 0.3) is 0 Å². The highest BCUT2D eigenvalue weighted by molar-refractivity contribution is 5.78. The van der Waals surface area contributed by atoms with Gasteiger partial charge in [0.1, 0.15) is 0 Å². The van der Waals surface area contributed by atoms with Crippen LogP contribution in [0.1, 0.15) is 43.9 Å². The van der Waals surface area contributed by atoms with Crippen LogP contribution in [-0.4, -0.2) is 20.8 Å². The summed E-state index contributed by atoms with van der Waals surface area (Å²) in [6.45, 7) is 5.26. The quantitative estimate of drug-likeness (QED) is 0.930. The Labute approximate surface area is 120 Å². The molecule has 0 spiro atoms. The summed E-state index contributed by atoms with van der Waals surface area (Å²) >= 11 is 0. The van der Waals surface area contributed by atoms with Crippen molar-refractivity contribution in [3.63, 3.8) is 0 Å². The summed E-state index contributed by atoms with van der Waals surface area (Å²) in [4.78, 5) is 4.54. The minimum Gasteiger partial charge on any atom is -0.310 e. The number of nitrogens with zero attached hydrogens (tertiary/aromatic N) is 3. The zero-order valence-corrected chi connectivity index (χ0v) is 12.7.